The number of aliphatic hydroxyl groups excluding tert-OH is 1. The Morgan fingerprint density at radius 2 is 2.13 bits per heavy atom. The summed E-state index contributed by atoms with van der Waals surface area (Å²) in [5.41, 5.74) is 2.89. The van der Waals surface area contributed by atoms with Crippen molar-refractivity contribution in [2.24, 2.45) is 0 Å². The Labute approximate surface area is 91.3 Å². The van der Waals surface area contributed by atoms with E-state index in [0.29, 0.717) is 6.54 Å². The molecule has 2 heteroatoms. The Morgan fingerprint density at radius 1 is 1.40 bits per heavy atom. The van der Waals surface area contributed by atoms with Crippen molar-refractivity contribution in [2.45, 2.75) is 38.3 Å². The van der Waals surface area contributed by atoms with Crippen LogP contribution in [0.3, 0.4) is 0 Å². The van der Waals surface area contributed by atoms with Gasteiger partial charge in [-0.25, -0.2) is 0 Å². The molecular weight excluding hydrogens is 186 g/mol. The van der Waals surface area contributed by atoms with Crippen LogP contribution in [0.1, 0.15) is 36.8 Å². The largest absolute Gasteiger partial charge is 0.392 e. The summed E-state index contributed by atoms with van der Waals surface area (Å²) in [6.07, 6.45) is 2.42. The first-order valence-corrected chi connectivity index (χ1v) is 5.74. The van der Waals surface area contributed by atoms with E-state index in [-0.39, 0.29) is 6.10 Å². The van der Waals surface area contributed by atoms with Gasteiger partial charge in [0.1, 0.15) is 0 Å². The van der Waals surface area contributed by atoms with Crippen LogP contribution in [-0.2, 0) is 6.54 Å². The van der Waals surface area contributed by atoms with Gasteiger partial charge in [-0.3, -0.25) is 0 Å². The van der Waals surface area contributed by atoms with Gasteiger partial charge >= 0.3 is 0 Å². The highest BCUT2D eigenvalue weighted by atomic mass is 16.3. The van der Waals surface area contributed by atoms with Crippen LogP contribution in [0, 0.1) is 0 Å². The molecule has 1 fully saturated rings. The molecule has 0 saturated heterocycles. The fourth-order valence-corrected chi connectivity index (χ4v) is 1.90. The molecule has 1 aromatic carbocycles. The number of hydrogen-bond acceptors (Lipinski definition) is 2. The first-order valence-electron chi connectivity index (χ1n) is 5.74. The summed E-state index contributed by atoms with van der Waals surface area (Å²) in [6.45, 7) is 3.34. The molecule has 0 spiro atoms. The molecule has 0 aliphatic heterocycles. The molecule has 1 aromatic rings. The summed E-state index contributed by atoms with van der Waals surface area (Å²) in [5, 5.41) is 12.4. The van der Waals surface area contributed by atoms with E-state index in [1.807, 2.05) is 0 Å². The third-order valence-corrected chi connectivity index (χ3v) is 2.83. The molecule has 0 unspecified atom stereocenters. The van der Waals surface area contributed by atoms with Crippen LogP contribution < -0.4 is 5.32 Å². The van der Waals surface area contributed by atoms with Crippen molar-refractivity contribution in [3.63, 3.8) is 0 Å². The second kappa shape index (κ2) is 4.77. The molecule has 0 radical (unpaired) electrons. The van der Waals surface area contributed by atoms with Crippen molar-refractivity contribution in [1.82, 2.24) is 5.32 Å². The molecule has 1 saturated carbocycles. The third-order valence-electron chi connectivity index (χ3n) is 2.83. The zero-order chi connectivity index (χ0) is 10.7. The van der Waals surface area contributed by atoms with E-state index >= 15 is 0 Å². The molecule has 2 nitrogen and oxygen atoms in total. The van der Waals surface area contributed by atoms with Gasteiger partial charge in [-0.1, -0.05) is 24.3 Å². The highest BCUT2D eigenvalue weighted by Crippen LogP contribution is 2.41. The van der Waals surface area contributed by atoms with Gasteiger partial charge in [0.2, 0.25) is 0 Å². The lowest BCUT2D eigenvalue weighted by molar-refractivity contribution is 0.191. The Hall–Kier alpha value is -0.860. The fourth-order valence-electron chi connectivity index (χ4n) is 1.90. The minimum absolute atomic E-state index is 0.266. The molecule has 1 atom stereocenters. The lowest BCUT2D eigenvalue weighted by Crippen LogP contribution is -2.24. The highest BCUT2D eigenvalue weighted by Gasteiger charge is 2.25. The normalized spacial score (nSPS) is 17.7. The molecule has 0 heterocycles. The van der Waals surface area contributed by atoms with Gasteiger partial charge in [-0.05, 0) is 36.8 Å². The van der Waals surface area contributed by atoms with Gasteiger partial charge in [0.05, 0.1) is 6.10 Å². The van der Waals surface area contributed by atoms with E-state index in [0.717, 1.165) is 12.5 Å². The van der Waals surface area contributed by atoms with Gasteiger partial charge in [0, 0.05) is 13.1 Å². The molecule has 82 valence electrons. The van der Waals surface area contributed by atoms with Crippen LogP contribution in [0.2, 0.25) is 0 Å². The zero-order valence-electron chi connectivity index (χ0n) is 9.24. The minimum Gasteiger partial charge on any atom is -0.392 e. The summed E-state index contributed by atoms with van der Waals surface area (Å²) in [7, 11) is 0. The van der Waals surface area contributed by atoms with E-state index in [1.165, 1.54) is 24.0 Å². The van der Waals surface area contributed by atoms with Crippen molar-refractivity contribution < 1.29 is 5.11 Å². The van der Waals surface area contributed by atoms with E-state index < -0.39 is 0 Å². The lowest BCUT2D eigenvalue weighted by Gasteiger charge is -2.10. The molecule has 0 bridgehead atoms. The number of hydrogen-bond donors (Lipinski definition) is 2. The third kappa shape index (κ3) is 3.05. The van der Waals surface area contributed by atoms with Gasteiger partial charge in [0.15, 0.2) is 0 Å². The van der Waals surface area contributed by atoms with Crippen LogP contribution in [0.15, 0.2) is 24.3 Å². The molecular formula is C13H19NO. The van der Waals surface area contributed by atoms with Crippen molar-refractivity contribution >= 4 is 0 Å². The lowest BCUT2D eigenvalue weighted by atomic mass is 10.0. The fraction of sp³-hybridized carbons (Fsp3) is 0.538. The maximum Gasteiger partial charge on any atom is 0.0636 e. The first kappa shape index (κ1) is 10.7. The van der Waals surface area contributed by atoms with Gasteiger partial charge < -0.3 is 10.4 Å². The molecule has 2 rings (SSSR count). The summed E-state index contributed by atoms with van der Waals surface area (Å²) in [6, 6.07) is 8.62. The summed E-state index contributed by atoms with van der Waals surface area (Å²) < 4.78 is 0. The van der Waals surface area contributed by atoms with E-state index in [4.69, 9.17) is 5.11 Å². The van der Waals surface area contributed by atoms with E-state index in [9.17, 15) is 0 Å². The molecule has 15 heavy (non-hydrogen) atoms. The molecule has 2 N–H and O–H groups in total. The predicted octanol–water partition coefficient (Wildman–Crippen LogP) is 2.03. The Kier molecular flexibility index (Phi) is 3.39. The van der Waals surface area contributed by atoms with Crippen molar-refractivity contribution in [1.29, 1.82) is 0 Å². The van der Waals surface area contributed by atoms with Gasteiger partial charge in [-0.2, -0.15) is 0 Å². The quantitative estimate of drug-likeness (QED) is 0.771. The monoisotopic (exact) mass is 205 g/mol. The SMILES string of the molecule is C[C@@H](O)CNCc1ccccc1C1CC1. The molecule has 1 aliphatic carbocycles. The molecule has 0 aromatic heterocycles. The number of nitrogens with one attached hydrogen (secondary N) is 1. The van der Waals surface area contributed by atoms with Crippen LogP contribution >= 0.6 is 0 Å². The zero-order valence-corrected chi connectivity index (χ0v) is 9.24. The maximum absolute atomic E-state index is 9.16. The Morgan fingerprint density at radius 3 is 2.80 bits per heavy atom. The first-order chi connectivity index (χ1) is 7.27. The number of rotatable bonds is 5. The van der Waals surface area contributed by atoms with Crippen LogP contribution in [0.4, 0.5) is 0 Å². The molecule has 1 aliphatic rings. The maximum atomic E-state index is 9.16. The summed E-state index contributed by atoms with van der Waals surface area (Å²) in [5.74, 6) is 0.801. The summed E-state index contributed by atoms with van der Waals surface area (Å²) in [4.78, 5) is 0. The second-order valence-electron chi connectivity index (χ2n) is 4.45. The summed E-state index contributed by atoms with van der Waals surface area (Å²) >= 11 is 0. The smallest absolute Gasteiger partial charge is 0.0636 e. The van der Waals surface area contributed by atoms with E-state index in [1.54, 1.807) is 6.92 Å². The van der Waals surface area contributed by atoms with Crippen LogP contribution in [0.5, 0.6) is 0 Å². The number of aliphatic hydroxyl groups is 1. The van der Waals surface area contributed by atoms with Crippen molar-refractivity contribution in [3.8, 4) is 0 Å². The predicted molar refractivity (Wildman–Crippen MR) is 61.8 cm³/mol. The van der Waals surface area contributed by atoms with Gasteiger partial charge in [-0.15, -0.1) is 0 Å². The average Bonchev–Trinajstić information content (AvgIpc) is 3.01. The topological polar surface area (TPSA) is 32.3 Å². The van der Waals surface area contributed by atoms with Crippen LogP contribution in [0.25, 0.3) is 0 Å². The minimum atomic E-state index is -0.266. The van der Waals surface area contributed by atoms with Crippen LogP contribution in [-0.4, -0.2) is 17.8 Å². The average molecular weight is 205 g/mol. The Balaban J connectivity index is 1.94. The second-order valence-corrected chi connectivity index (χ2v) is 4.45. The standard InChI is InChI=1S/C13H19NO/c1-10(15)8-14-9-12-4-2-3-5-13(12)11-6-7-11/h2-5,10-11,14-15H,6-9H2,1H3/t10-/m1/s1. The number of benzene rings is 1. The Bertz CT molecular complexity index is 318. The van der Waals surface area contributed by atoms with Crippen molar-refractivity contribution in [3.05, 3.63) is 35.4 Å². The van der Waals surface area contributed by atoms with Crippen molar-refractivity contribution in [2.75, 3.05) is 6.54 Å². The highest BCUT2D eigenvalue weighted by molar-refractivity contribution is 5.33. The molecule has 0 amide bonds. The van der Waals surface area contributed by atoms with E-state index in [2.05, 4.69) is 29.6 Å². The van der Waals surface area contributed by atoms with Gasteiger partial charge in [0.25, 0.3) is 0 Å².